The highest BCUT2D eigenvalue weighted by Crippen LogP contribution is 2.65. The molecule has 0 radical (unpaired) electrons. The number of aromatic nitrogens is 1. The highest BCUT2D eigenvalue weighted by Gasteiger charge is 2.65. The van der Waals surface area contributed by atoms with Crippen molar-refractivity contribution in [1.82, 2.24) is 4.98 Å². The maximum Gasteiger partial charge on any atom is 0.269 e. The number of halogens is 4. The third-order valence-corrected chi connectivity index (χ3v) is 11.4. The Morgan fingerprint density at radius 1 is 1.21 bits per heavy atom. The first-order valence-electron chi connectivity index (χ1n) is 12.0. The van der Waals surface area contributed by atoms with Crippen LogP contribution >= 0.6 is 46.1 Å². The Morgan fingerprint density at radius 2 is 1.95 bits per heavy atom. The second kappa shape index (κ2) is 10.8. The van der Waals surface area contributed by atoms with Gasteiger partial charge in [0.1, 0.15) is 26.5 Å². The van der Waals surface area contributed by atoms with Crippen molar-refractivity contribution in [3.63, 3.8) is 0 Å². The van der Waals surface area contributed by atoms with Gasteiger partial charge in [-0.1, -0.05) is 11.6 Å². The fourth-order valence-corrected chi connectivity index (χ4v) is 8.53. The molecule has 0 aliphatic heterocycles. The fourth-order valence-electron chi connectivity index (χ4n) is 5.06. The van der Waals surface area contributed by atoms with Crippen molar-refractivity contribution >= 4 is 67.0 Å². The third kappa shape index (κ3) is 5.37. The maximum atomic E-state index is 15.5. The van der Waals surface area contributed by atoms with E-state index in [1.165, 1.54) is 20.4 Å². The number of anilines is 2. The number of hydrogen-bond acceptors (Lipinski definition) is 8. The van der Waals surface area contributed by atoms with E-state index < -0.39 is 25.1 Å². The molecule has 8 nitrogen and oxygen atoms in total. The number of methoxy groups -OCH3 is 2. The molecule has 14 heteroatoms. The quantitative estimate of drug-likeness (QED) is 0.292. The van der Waals surface area contributed by atoms with E-state index in [4.69, 9.17) is 50.0 Å². The van der Waals surface area contributed by atoms with Gasteiger partial charge in [0.25, 0.3) is 10.0 Å². The van der Waals surface area contributed by atoms with Crippen LogP contribution in [0.15, 0.2) is 46.8 Å². The number of nitrogens with zero attached hydrogens (tertiary/aromatic N) is 2. The molecule has 2 aliphatic carbocycles. The zero-order valence-electron chi connectivity index (χ0n) is 20.9. The van der Waals surface area contributed by atoms with E-state index >= 15 is 4.39 Å². The van der Waals surface area contributed by atoms with Gasteiger partial charge in [-0.25, -0.2) is 22.1 Å². The molecule has 2 fully saturated rings. The topological polar surface area (TPSA) is 107 Å². The van der Waals surface area contributed by atoms with Gasteiger partial charge in [0.05, 0.1) is 31.5 Å². The molecule has 0 spiro atoms. The number of sulfonamides is 1. The molecule has 210 valence electrons. The van der Waals surface area contributed by atoms with Crippen LogP contribution in [-0.2, 0) is 16.6 Å². The van der Waals surface area contributed by atoms with Gasteiger partial charge in [0.2, 0.25) is 0 Å². The molecule has 0 saturated heterocycles. The lowest BCUT2D eigenvalue weighted by atomic mass is 9.91. The number of hydrogen-bond donors (Lipinski definition) is 2. The second-order valence-electron chi connectivity index (χ2n) is 9.54. The summed E-state index contributed by atoms with van der Waals surface area (Å²) in [5, 5.41) is 4.99. The lowest BCUT2D eigenvalue weighted by molar-refractivity contribution is 0.387. The molecule has 0 bridgehead atoms. The van der Waals surface area contributed by atoms with Gasteiger partial charge in [-0.05, 0) is 48.9 Å². The molecule has 39 heavy (non-hydrogen) atoms. The van der Waals surface area contributed by atoms with Crippen LogP contribution in [0, 0.1) is 17.7 Å². The largest absolute Gasteiger partial charge is 0.497 e. The molecule has 0 amide bonds. The number of fused-ring (bicyclic) bond motifs is 1. The van der Waals surface area contributed by atoms with Crippen LogP contribution in [0.25, 0.3) is 0 Å². The lowest BCUT2D eigenvalue weighted by Gasteiger charge is -2.30. The third-order valence-electron chi connectivity index (χ3n) is 7.29. The van der Waals surface area contributed by atoms with Gasteiger partial charge in [0.15, 0.2) is 5.13 Å². The normalized spacial score (nSPS) is 23.6. The van der Waals surface area contributed by atoms with Gasteiger partial charge in [-0.3, -0.25) is 0 Å². The Kier molecular flexibility index (Phi) is 7.86. The number of nitrogens with two attached hydrogens (primary N) is 1. The molecule has 1 aromatic heterocycles. The van der Waals surface area contributed by atoms with Gasteiger partial charge in [-0.2, -0.15) is 0 Å². The molecule has 4 atom stereocenters. The van der Waals surface area contributed by atoms with Crippen LogP contribution < -0.4 is 24.8 Å². The van der Waals surface area contributed by atoms with E-state index in [2.05, 4.69) is 10.3 Å². The van der Waals surface area contributed by atoms with E-state index in [1.807, 2.05) is 0 Å². The Balaban J connectivity index is 1.45. The van der Waals surface area contributed by atoms with Crippen LogP contribution in [0.3, 0.4) is 0 Å². The van der Waals surface area contributed by atoms with E-state index in [9.17, 15) is 8.42 Å². The molecule has 1 heterocycles. The molecule has 2 saturated carbocycles. The first-order valence-corrected chi connectivity index (χ1v) is 15.4. The van der Waals surface area contributed by atoms with Crippen LogP contribution in [-0.4, -0.2) is 44.0 Å². The summed E-state index contributed by atoms with van der Waals surface area (Å²) in [7, 11) is -1.47. The van der Waals surface area contributed by atoms with Crippen molar-refractivity contribution < 1.29 is 22.3 Å². The summed E-state index contributed by atoms with van der Waals surface area (Å²) < 4.78 is 54.2. The van der Waals surface area contributed by atoms with Crippen molar-refractivity contribution in [3.05, 3.63) is 58.3 Å². The standard InChI is InChI=1S/C25H26Cl3FN4O4S2/c1-36-14-4-3-13(22(7-14)37-2)12-33(24-31-5-6-38-24)39(34,35)23-10-17(26)20(11-18(23)29)32-21-9-16-15(8-19(21)30)25(16,27)28/h3-7,10-11,15-16,19,21,32H,8-9,12,30H2,1-2H3/t15-,16?,19-,21-/m0/s1. The predicted molar refractivity (Wildman–Crippen MR) is 152 cm³/mol. The highest BCUT2D eigenvalue weighted by atomic mass is 35.5. The molecule has 2 aliphatic rings. The van der Waals surface area contributed by atoms with Gasteiger partial charge in [0, 0.05) is 35.3 Å². The predicted octanol–water partition coefficient (Wildman–Crippen LogP) is 5.67. The smallest absolute Gasteiger partial charge is 0.269 e. The Hall–Kier alpha value is -2.02. The average Bonchev–Trinajstić information content (AvgIpc) is 3.23. The highest BCUT2D eigenvalue weighted by molar-refractivity contribution is 7.93. The summed E-state index contributed by atoms with van der Waals surface area (Å²) in [4.78, 5) is 3.58. The summed E-state index contributed by atoms with van der Waals surface area (Å²) in [5.74, 6) is 0.197. The van der Waals surface area contributed by atoms with E-state index in [-0.39, 0.29) is 46.3 Å². The zero-order valence-corrected chi connectivity index (χ0v) is 24.8. The monoisotopic (exact) mass is 634 g/mol. The summed E-state index contributed by atoms with van der Waals surface area (Å²) in [6.45, 7) is -0.168. The molecule has 3 N–H and O–H groups in total. The Bertz CT molecular complexity index is 1480. The minimum atomic E-state index is -4.45. The Labute approximate surface area is 245 Å². The second-order valence-corrected chi connectivity index (χ2v) is 14.1. The number of benzene rings is 2. The van der Waals surface area contributed by atoms with Crippen LogP contribution in [0.4, 0.5) is 15.2 Å². The van der Waals surface area contributed by atoms with Crippen LogP contribution in [0.1, 0.15) is 18.4 Å². The van der Waals surface area contributed by atoms with Crippen LogP contribution in [0.2, 0.25) is 5.02 Å². The number of alkyl halides is 2. The maximum absolute atomic E-state index is 15.5. The molecule has 2 aromatic carbocycles. The van der Waals surface area contributed by atoms with Crippen LogP contribution in [0.5, 0.6) is 11.5 Å². The first-order chi connectivity index (χ1) is 18.5. The Morgan fingerprint density at radius 3 is 2.62 bits per heavy atom. The van der Waals surface area contributed by atoms with E-state index in [0.717, 1.165) is 27.8 Å². The number of rotatable bonds is 9. The summed E-state index contributed by atoms with van der Waals surface area (Å²) in [6, 6.07) is 6.65. The van der Waals surface area contributed by atoms with Gasteiger partial charge >= 0.3 is 0 Å². The molecular formula is C25H26Cl3FN4O4S2. The number of nitrogens with one attached hydrogen (secondary N) is 1. The molecule has 1 unspecified atom stereocenters. The van der Waals surface area contributed by atoms with Gasteiger partial charge < -0.3 is 20.5 Å². The molecule has 5 rings (SSSR count). The van der Waals surface area contributed by atoms with Crippen molar-refractivity contribution in [3.8, 4) is 11.5 Å². The summed E-state index contributed by atoms with van der Waals surface area (Å²) >= 11 is 20.3. The van der Waals surface area contributed by atoms with Crippen molar-refractivity contribution in [2.75, 3.05) is 23.8 Å². The number of ether oxygens (including phenoxy) is 2. The SMILES string of the molecule is COc1ccc(CN(c2nccs2)S(=O)(=O)c2cc(Cl)c(N[C@H]3CC4[C@H](C[C@@H]3N)C4(Cl)Cl)cc2F)c(OC)c1. The first kappa shape index (κ1) is 28.5. The van der Waals surface area contributed by atoms with Crippen molar-refractivity contribution in [2.24, 2.45) is 17.6 Å². The average molecular weight is 636 g/mol. The van der Waals surface area contributed by atoms with Crippen molar-refractivity contribution in [1.29, 1.82) is 0 Å². The van der Waals surface area contributed by atoms with Crippen molar-refractivity contribution in [2.45, 2.75) is 40.7 Å². The minimum Gasteiger partial charge on any atom is -0.497 e. The fraction of sp³-hybridized carbons (Fsp3) is 0.400. The zero-order chi connectivity index (χ0) is 28.1. The minimum absolute atomic E-state index is 0.0317. The molecule has 3 aromatic rings. The van der Waals surface area contributed by atoms with E-state index in [1.54, 1.807) is 23.6 Å². The lowest BCUT2D eigenvalue weighted by Crippen LogP contribution is -2.43. The number of thiazole rings is 1. The molecular weight excluding hydrogens is 610 g/mol. The van der Waals surface area contributed by atoms with Gasteiger partial charge in [-0.15, -0.1) is 34.5 Å². The van der Waals surface area contributed by atoms with E-state index in [0.29, 0.717) is 29.9 Å². The summed E-state index contributed by atoms with van der Waals surface area (Å²) in [6.07, 6.45) is 2.69. The summed E-state index contributed by atoms with van der Waals surface area (Å²) in [5.41, 5.74) is 7.08.